The van der Waals surface area contributed by atoms with Gasteiger partial charge in [-0.15, -0.1) is 21.5 Å². The van der Waals surface area contributed by atoms with Crippen molar-refractivity contribution < 1.29 is 9.21 Å². The average molecular weight is 375 g/mol. The predicted octanol–water partition coefficient (Wildman–Crippen LogP) is 2.14. The van der Waals surface area contributed by atoms with Gasteiger partial charge in [0, 0.05) is 32.2 Å². The van der Waals surface area contributed by atoms with E-state index in [1.807, 2.05) is 24.4 Å². The third-order valence-corrected chi connectivity index (χ3v) is 6.14. The topological polar surface area (TPSA) is 74.5 Å². The highest BCUT2D eigenvalue weighted by Gasteiger charge is 2.32. The molecule has 7 nitrogen and oxygen atoms in total. The van der Waals surface area contributed by atoms with E-state index in [2.05, 4.69) is 32.2 Å². The Morgan fingerprint density at radius 2 is 1.96 bits per heavy atom. The van der Waals surface area contributed by atoms with Gasteiger partial charge < -0.3 is 9.73 Å². The predicted molar refractivity (Wildman–Crippen MR) is 99.8 cm³/mol. The van der Waals surface area contributed by atoms with Crippen LogP contribution in [0.1, 0.15) is 38.6 Å². The molecular weight excluding hydrogens is 350 g/mol. The third-order valence-electron chi connectivity index (χ3n) is 5.28. The third kappa shape index (κ3) is 3.82. The highest BCUT2D eigenvalue weighted by Crippen LogP contribution is 2.27. The van der Waals surface area contributed by atoms with Gasteiger partial charge >= 0.3 is 0 Å². The van der Waals surface area contributed by atoms with Crippen LogP contribution in [-0.4, -0.2) is 64.2 Å². The molecule has 1 N–H and O–H groups in total. The van der Waals surface area contributed by atoms with Crippen molar-refractivity contribution in [1.29, 1.82) is 0 Å². The number of amides is 1. The molecule has 8 heteroatoms. The Morgan fingerprint density at radius 1 is 1.23 bits per heavy atom. The standard InChI is InChI=1S/C18H25N5O2S/c1-12(16(24)19-14-5-6-14)22-7-9-23(10-8-22)13(2)17-20-21-18(25-17)15-4-3-11-26-15/h3-4,11-14H,5-10H2,1-2H3,(H,19,24)/t12-,13-/m0/s1. The van der Waals surface area contributed by atoms with E-state index in [4.69, 9.17) is 4.42 Å². The molecule has 1 aliphatic carbocycles. The van der Waals surface area contributed by atoms with E-state index in [1.54, 1.807) is 11.3 Å². The molecule has 3 heterocycles. The Hall–Kier alpha value is -1.77. The summed E-state index contributed by atoms with van der Waals surface area (Å²) in [7, 11) is 0. The molecule has 140 valence electrons. The average Bonchev–Trinajstić information content (AvgIpc) is 3.14. The van der Waals surface area contributed by atoms with Crippen molar-refractivity contribution in [2.75, 3.05) is 26.2 Å². The van der Waals surface area contributed by atoms with Gasteiger partial charge in [0.05, 0.1) is 17.0 Å². The van der Waals surface area contributed by atoms with Crippen LogP contribution in [0, 0.1) is 0 Å². The molecule has 1 saturated carbocycles. The van der Waals surface area contributed by atoms with Crippen LogP contribution in [0.3, 0.4) is 0 Å². The second-order valence-corrected chi connectivity index (χ2v) is 8.08. The molecule has 0 radical (unpaired) electrons. The summed E-state index contributed by atoms with van der Waals surface area (Å²) < 4.78 is 5.88. The van der Waals surface area contributed by atoms with Crippen LogP contribution in [0.5, 0.6) is 0 Å². The highest BCUT2D eigenvalue weighted by atomic mass is 32.1. The molecule has 0 spiro atoms. The van der Waals surface area contributed by atoms with E-state index < -0.39 is 0 Å². The molecule has 1 aliphatic heterocycles. The number of nitrogens with one attached hydrogen (secondary N) is 1. The summed E-state index contributed by atoms with van der Waals surface area (Å²) in [5.74, 6) is 1.40. The number of piperazine rings is 1. The summed E-state index contributed by atoms with van der Waals surface area (Å²) in [6.45, 7) is 7.62. The fourth-order valence-corrected chi connectivity index (χ4v) is 3.93. The van der Waals surface area contributed by atoms with Crippen LogP contribution < -0.4 is 5.32 Å². The van der Waals surface area contributed by atoms with Crippen LogP contribution in [0.2, 0.25) is 0 Å². The first-order chi connectivity index (χ1) is 12.6. The van der Waals surface area contributed by atoms with Crippen molar-refractivity contribution in [3.63, 3.8) is 0 Å². The Balaban J connectivity index is 1.32. The van der Waals surface area contributed by atoms with E-state index in [1.165, 1.54) is 0 Å². The SMILES string of the molecule is C[C@@H](C(=O)NC1CC1)N1CCN([C@@H](C)c2nnc(-c3cccs3)o2)CC1. The number of carbonyl (C=O) groups is 1. The van der Waals surface area contributed by atoms with Crippen molar-refractivity contribution in [3.05, 3.63) is 23.4 Å². The molecule has 0 unspecified atom stereocenters. The van der Waals surface area contributed by atoms with Crippen molar-refractivity contribution in [2.45, 2.75) is 44.8 Å². The van der Waals surface area contributed by atoms with E-state index in [9.17, 15) is 4.79 Å². The van der Waals surface area contributed by atoms with Gasteiger partial charge in [-0.3, -0.25) is 14.6 Å². The highest BCUT2D eigenvalue weighted by molar-refractivity contribution is 7.13. The van der Waals surface area contributed by atoms with Crippen LogP contribution in [0.15, 0.2) is 21.9 Å². The zero-order valence-electron chi connectivity index (χ0n) is 15.2. The number of aromatic nitrogens is 2. The maximum Gasteiger partial charge on any atom is 0.257 e. The minimum atomic E-state index is -0.0677. The molecule has 26 heavy (non-hydrogen) atoms. The van der Waals surface area contributed by atoms with Gasteiger partial charge in [-0.25, -0.2) is 0 Å². The molecule has 0 bridgehead atoms. The first kappa shape index (κ1) is 17.6. The van der Waals surface area contributed by atoms with Crippen molar-refractivity contribution >= 4 is 17.2 Å². The van der Waals surface area contributed by atoms with Crippen molar-refractivity contribution in [3.8, 4) is 10.8 Å². The van der Waals surface area contributed by atoms with Gasteiger partial charge in [-0.2, -0.15) is 0 Å². The van der Waals surface area contributed by atoms with Gasteiger partial charge in [0.25, 0.3) is 5.89 Å². The lowest BCUT2D eigenvalue weighted by atomic mass is 10.2. The Morgan fingerprint density at radius 3 is 2.62 bits per heavy atom. The summed E-state index contributed by atoms with van der Waals surface area (Å²) in [4.78, 5) is 17.8. The van der Waals surface area contributed by atoms with Gasteiger partial charge in [-0.1, -0.05) is 6.07 Å². The fraction of sp³-hybridized carbons (Fsp3) is 0.611. The molecule has 2 aromatic rings. The van der Waals surface area contributed by atoms with Gasteiger partial charge in [0.1, 0.15) is 0 Å². The van der Waals surface area contributed by atoms with Crippen LogP contribution in [-0.2, 0) is 4.79 Å². The molecule has 1 saturated heterocycles. The Labute approximate surface area is 157 Å². The van der Waals surface area contributed by atoms with Gasteiger partial charge in [0.2, 0.25) is 11.8 Å². The smallest absolute Gasteiger partial charge is 0.257 e. The first-order valence-corrected chi connectivity index (χ1v) is 10.2. The molecule has 4 rings (SSSR count). The lowest BCUT2D eigenvalue weighted by molar-refractivity contribution is -0.126. The van der Waals surface area contributed by atoms with Crippen LogP contribution in [0.25, 0.3) is 10.8 Å². The monoisotopic (exact) mass is 375 g/mol. The molecule has 2 atom stereocenters. The van der Waals surface area contributed by atoms with Crippen LogP contribution in [0.4, 0.5) is 0 Å². The quantitative estimate of drug-likeness (QED) is 0.834. The lowest BCUT2D eigenvalue weighted by Gasteiger charge is -2.39. The van der Waals surface area contributed by atoms with Crippen LogP contribution >= 0.6 is 11.3 Å². The summed E-state index contributed by atoms with van der Waals surface area (Å²) in [5, 5.41) is 13.5. The summed E-state index contributed by atoms with van der Waals surface area (Å²) >= 11 is 1.60. The van der Waals surface area contributed by atoms with E-state index >= 15 is 0 Å². The number of hydrogen-bond acceptors (Lipinski definition) is 7. The second-order valence-electron chi connectivity index (χ2n) is 7.13. The second kappa shape index (κ2) is 7.46. The van der Waals surface area contributed by atoms with Gasteiger partial charge in [0.15, 0.2) is 0 Å². The molecule has 0 aromatic carbocycles. The van der Waals surface area contributed by atoms with E-state index in [0.29, 0.717) is 17.8 Å². The number of rotatable bonds is 6. The maximum absolute atomic E-state index is 12.2. The maximum atomic E-state index is 12.2. The normalized spacial score (nSPS) is 21.5. The minimum Gasteiger partial charge on any atom is -0.418 e. The molecular formula is C18H25N5O2S. The van der Waals surface area contributed by atoms with Crippen molar-refractivity contribution in [1.82, 2.24) is 25.3 Å². The summed E-state index contributed by atoms with van der Waals surface area (Å²) in [5.41, 5.74) is 0. The van der Waals surface area contributed by atoms with E-state index in [-0.39, 0.29) is 18.0 Å². The number of hydrogen-bond donors (Lipinski definition) is 1. The molecule has 1 amide bonds. The zero-order chi connectivity index (χ0) is 18.1. The molecule has 2 fully saturated rings. The number of nitrogens with zero attached hydrogens (tertiary/aromatic N) is 4. The number of carbonyl (C=O) groups excluding carboxylic acids is 1. The fourth-order valence-electron chi connectivity index (χ4n) is 3.29. The lowest BCUT2D eigenvalue weighted by Crippen LogP contribution is -2.54. The first-order valence-electron chi connectivity index (χ1n) is 9.27. The van der Waals surface area contributed by atoms with Crippen molar-refractivity contribution in [2.24, 2.45) is 0 Å². The zero-order valence-corrected chi connectivity index (χ0v) is 16.0. The number of thiophene rings is 1. The van der Waals surface area contributed by atoms with Gasteiger partial charge in [-0.05, 0) is 38.1 Å². The summed E-state index contributed by atoms with van der Waals surface area (Å²) in [6, 6.07) is 4.39. The molecule has 2 aliphatic rings. The van der Waals surface area contributed by atoms with E-state index in [0.717, 1.165) is 43.9 Å². The molecule has 2 aromatic heterocycles. The minimum absolute atomic E-state index is 0.0677. The largest absolute Gasteiger partial charge is 0.418 e. The Bertz CT molecular complexity index is 735. The Kier molecular flexibility index (Phi) is 5.06. The summed E-state index contributed by atoms with van der Waals surface area (Å²) in [6.07, 6.45) is 2.25.